The highest BCUT2D eigenvalue weighted by Crippen LogP contribution is 2.32. The van der Waals surface area contributed by atoms with Gasteiger partial charge in [-0.2, -0.15) is 18.2 Å². The molecule has 3 aromatic carbocycles. The zero-order valence-corrected chi connectivity index (χ0v) is 23.0. The van der Waals surface area contributed by atoms with Crippen LogP contribution in [0.4, 0.5) is 45.5 Å². The van der Waals surface area contributed by atoms with Gasteiger partial charge in [0.25, 0.3) is 0 Å². The lowest BCUT2D eigenvalue weighted by molar-refractivity contribution is -0.137. The molecule has 0 spiro atoms. The zero-order valence-electron chi connectivity index (χ0n) is 22.2. The van der Waals surface area contributed by atoms with Crippen LogP contribution in [0.25, 0.3) is 11.1 Å². The van der Waals surface area contributed by atoms with Crippen LogP contribution >= 0.6 is 0 Å². The number of urea groups is 1. The molecule has 0 fully saturated rings. The van der Waals surface area contributed by atoms with Crippen molar-refractivity contribution in [2.45, 2.75) is 30.5 Å². The van der Waals surface area contributed by atoms with E-state index >= 15 is 0 Å². The van der Waals surface area contributed by atoms with E-state index in [4.69, 9.17) is 9.76 Å². The molecule has 218 valence electrons. The number of hydrogen-bond acceptors (Lipinski definition) is 6. The number of rotatable bonds is 4. The van der Waals surface area contributed by atoms with Gasteiger partial charge in [-0.1, -0.05) is 35.0 Å². The molecule has 1 aromatic heterocycles. The van der Waals surface area contributed by atoms with Gasteiger partial charge in [0, 0.05) is 41.2 Å². The normalized spacial score (nSPS) is 15.2. The largest absolute Gasteiger partial charge is 0.416 e. The van der Waals surface area contributed by atoms with E-state index in [0.29, 0.717) is 42.1 Å². The predicted octanol–water partition coefficient (Wildman–Crippen LogP) is 7.31. The SMILES string of the molecule is N=S1CCCCNc2nc(ncc2-c2cccc(CNC(=O)Nc3cc(C(F)(F)F)ccc3F)c2)Nc2cccc1c2. The van der Waals surface area contributed by atoms with Crippen LogP contribution < -0.4 is 21.3 Å². The molecule has 4 aromatic rings. The molecule has 1 aliphatic rings. The van der Waals surface area contributed by atoms with Crippen molar-refractivity contribution in [2.75, 3.05) is 28.2 Å². The molecule has 8 nitrogen and oxygen atoms in total. The third-order valence-corrected chi connectivity index (χ3v) is 7.98. The van der Waals surface area contributed by atoms with E-state index in [-0.39, 0.29) is 6.54 Å². The summed E-state index contributed by atoms with van der Waals surface area (Å²) in [6.45, 7) is 0.695. The fraction of sp³-hybridized carbons (Fsp3) is 0.207. The molecule has 5 rings (SSSR count). The van der Waals surface area contributed by atoms with E-state index < -0.39 is 40.0 Å². The number of hydrogen-bond donors (Lipinski definition) is 5. The number of anilines is 4. The number of fused-ring (bicyclic) bond motifs is 4. The van der Waals surface area contributed by atoms with Crippen molar-refractivity contribution < 1.29 is 22.4 Å². The lowest BCUT2D eigenvalue weighted by atomic mass is 10.0. The molecule has 2 heterocycles. The maximum absolute atomic E-state index is 14.0. The predicted molar refractivity (Wildman–Crippen MR) is 155 cm³/mol. The summed E-state index contributed by atoms with van der Waals surface area (Å²) in [6.07, 6.45) is -1.22. The number of carbonyl (C=O) groups excluding carboxylic acids is 1. The quantitative estimate of drug-likeness (QED) is 0.158. The number of aromatic nitrogens is 2. The average molecular weight is 598 g/mol. The van der Waals surface area contributed by atoms with E-state index in [0.717, 1.165) is 40.3 Å². The Kier molecular flexibility index (Phi) is 8.67. The Labute approximate surface area is 241 Å². The first-order valence-electron chi connectivity index (χ1n) is 13.1. The van der Waals surface area contributed by atoms with Crippen LogP contribution in [0.15, 0.2) is 77.8 Å². The standard InChI is InChI=1S/C29H27F4N7OS/c30-24-10-9-20(29(31,32)33)14-25(24)39-28(41)37-16-18-5-3-6-19(13-18)23-17-36-27-38-21-7-4-8-22(15-21)42(34)12-2-1-11-35-26(23)40-27/h3-10,13-15,17,34H,1-2,11-12,16H2,(H2,37,39,41)(H2,35,36,38,40). The minimum Gasteiger partial charge on any atom is -0.369 e. The van der Waals surface area contributed by atoms with Gasteiger partial charge in [-0.05, 0) is 66.4 Å². The Morgan fingerprint density at radius 2 is 1.88 bits per heavy atom. The smallest absolute Gasteiger partial charge is 0.369 e. The highest BCUT2D eigenvalue weighted by atomic mass is 32.2. The Bertz CT molecular complexity index is 1630. The van der Waals surface area contributed by atoms with E-state index in [9.17, 15) is 22.4 Å². The topological polar surface area (TPSA) is 115 Å². The van der Waals surface area contributed by atoms with Crippen molar-refractivity contribution in [2.24, 2.45) is 0 Å². The number of nitrogens with zero attached hydrogens (tertiary/aromatic N) is 2. The van der Waals surface area contributed by atoms with Gasteiger partial charge in [-0.15, -0.1) is 0 Å². The van der Waals surface area contributed by atoms with Gasteiger partial charge in [0.1, 0.15) is 11.6 Å². The van der Waals surface area contributed by atoms with Gasteiger partial charge in [0.15, 0.2) is 0 Å². The van der Waals surface area contributed by atoms with Gasteiger partial charge in [-0.3, -0.25) is 4.78 Å². The monoisotopic (exact) mass is 597 g/mol. The second-order valence-corrected chi connectivity index (χ2v) is 11.2. The molecular formula is C29H27F4N7OS. The van der Waals surface area contributed by atoms with Crippen LogP contribution in [0.5, 0.6) is 0 Å². The Morgan fingerprint density at radius 3 is 2.71 bits per heavy atom. The number of nitrogens with one attached hydrogen (secondary N) is 5. The van der Waals surface area contributed by atoms with Gasteiger partial charge in [-0.25, -0.2) is 14.2 Å². The summed E-state index contributed by atoms with van der Waals surface area (Å²) in [4.78, 5) is 22.5. The third kappa shape index (κ3) is 7.21. The summed E-state index contributed by atoms with van der Waals surface area (Å²) >= 11 is 0. The molecule has 1 atom stereocenters. The van der Waals surface area contributed by atoms with E-state index in [1.807, 2.05) is 36.4 Å². The second-order valence-electron chi connectivity index (χ2n) is 9.54. The van der Waals surface area contributed by atoms with E-state index in [1.165, 1.54) is 0 Å². The van der Waals surface area contributed by atoms with Gasteiger partial charge in [0.2, 0.25) is 5.95 Å². The van der Waals surface area contributed by atoms with Crippen molar-refractivity contribution in [1.82, 2.24) is 15.3 Å². The lowest BCUT2D eigenvalue weighted by Crippen LogP contribution is -2.28. The Balaban J connectivity index is 1.31. The molecule has 13 heteroatoms. The van der Waals surface area contributed by atoms with Crippen molar-refractivity contribution in [3.8, 4) is 11.1 Å². The first-order valence-corrected chi connectivity index (χ1v) is 14.5. The Morgan fingerprint density at radius 1 is 1.05 bits per heavy atom. The fourth-order valence-corrected chi connectivity index (χ4v) is 5.58. The third-order valence-electron chi connectivity index (χ3n) is 6.46. The summed E-state index contributed by atoms with van der Waals surface area (Å²) in [5.41, 5.74) is 1.38. The minimum atomic E-state index is -4.67. The minimum absolute atomic E-state index is 0.0366. The molecule has 42 heavy (non-hydrogen) atoms. The van der Waals surface area contributed by atoms with Crippen LogP contribution in [0.2, 0.25) is 0 Å². The molecule has 1 aliphatic heterocycles. The van der Waals surface area contributed by atoms with E-state index in [1.54, 1.807) is 18.3 Å². The fourth-order valence-electron chi connectivity index (χ4n) is 4.34. The number of carbonyl (C=O) groups is 1. The van der Waals surface area contributed by atoms with Crippen LogP contribution in [-0.4, -0.2) is 28.3 Å². The average Bonchev–Trinajstić information content (AvgIpc) is 2.97. The first kappa shape index (κ1) is 29.0. The summed E-state index contributed by atoms with van der Waals surface area (Å²) in [6, 6.07) is 16.0. The van der Waals surface area contributed by atoms with Crippen molar-refractivity contribution in [3.05, 3.63) is 89.9 Å². The number of benzene rings is 3. The van der Waals surface area contributed by atoms with Crippen LogP contribution in [0.3, 0.4) is 0 Å². The van der Waals surface area contributed by atoms with Gasteiger partial charge < -0.3 is 21.3 Å². The molecule has 0 radical (unpaired) electrons. The highest BCUT2D eigenvalue weighted by molar-refractivity contribution is 7.86. The van der Waals surface area contributed by atoms with Gasteiger partial charge in [0.05, 0.1) is 11.3 Å². The van der Waals surface area contributed by atoms with E-state index in [2.05, 4.69) is 26.3 Å². The second kappa shape index (κ2) is 12.6. The van der Waals surface area contributed by atoms with Crippen molar-refractivity contribution in [3.63, 3.8) is 0 Å². The number of alkyl halides is 3. The number of halogens is 4. The highest BCUT2D eigenvalue weighted by Gasteiger charge is 2.31. The molecule has 1 unspecified atom stereocenters. The molecule has 4 bridgehead atoms. The van der Waals surface area contributed by atoms with Crippen LogP contribution in [-0.2, 0) is 23.4 Å². The molecule has 0 saturated carbocycles. The van der Waals surface area contributed by atoms with Crippen LogP contribution in [0.1, 0.15) is 24.0 Å². The summed E-state index contributed by atoms with van der Waals surface area (Å²) in [5, 5.41) is 11.3. The lowest BCUT2D eigenvalue weighted by Gasteiger charge is -2.14. The molecule has 0 saturated heterocycles. The molecule has 5 N–H and O–H groups in total. The Hall–Kier alpha value is -4.52. The van der Waals surface area contributed by atoms with Gasteiger partial charge >= 0.3 is 12.2 Å². The summed E-state index contributed by atoms with van der Waals surface area (Å²) in [5.74, 6) is 0.811. The maximum atomic E-state index is 14.0. The molecule has 2 amide bonds. The summed E-state index contributed by atoms with van der Waals surface area (Å²) in [7, 11) is -0.606. The van der Waals surface area contributed by atoms with Crippen molar-refractivity contribution >= 4 is 39.9 Å². The first-order chi connectivity index (χ1) is 20.2. The zero-order chi connectivity index (χ0) is 29.7. The number of amides is 2. The van der Waals surface area contributed by atoms with Crippen LogP contribution in [0, 0.1) is 10.6 Å². The summed E-state index contributed by atoms with van der Waals surface area (Å²) < 4.78 is 61.4. The van der Waals surface area contributed by atoms with Crippen molar-refractivity contribution in [1.29, 1.82) is 4.78 Å². The maximum Gasteiger partial charge on any atom is 0.416 e. The molecular weight excluding hydrogens is 570 g/mol. The molecule has 0 aliphatic carbocycles.